The molecule has 0 aromatic rings. The van der Waals surface area contributed by atoms with E-state index in [9.17, 15) is 35.1 Å². The number of aliphatic hydroxyl groups excluding tert-OH is 5. The van der Waals surface area contributed by atoms with E-state index >= 15 is 0 Å². The monoisotopic (exact) mass is 994 g/mol. The smallest absolute Gasteiger partial charge is 0.305 e. The van der Waals surface area contributed by atoms with Gasteiger partial charge in [-0.2, -0.15) is 0 Å². The highest BCUT2D eigenvalue weighted by atomic mass is 16.7. The van der Waals surface area contributed by atoms with Gasteiger partial charge < -0.3 is 45.1 Å². The Balaban J connectivity index is 2.11. The van der Waals surface area contributed by atoms with Crippen LogP contribution in [0.15, 0.2) is 24.3 Å². The summed E-state index contributed by atoms with van der Waals surface area (Å²) in [4.78, 5) is 25.0. The van der Waals surface area contributed by atoms with Gasteiger partial charge >= 0.3 is 5.97 Å². The van der Waals surface area contributed by atoms with Gasteiger partial charge in [-0.05, 0) is 44.9 Å². The van der Waals surface area contributed by atoms with Gasteiger partial charge in [-0.15, -0.1) is 0 Å². The van der Waals surface area contributed by atoms with Crippen molar-refractivity contribution < 1.29 is 49.3 Å². The lowest BCUT2D eigenvalue weighted by Gasteiger charge is -2.40. The number of carbonyl (C=O) groups is 2. The van der Waals surface area contributed by atoms with Crippen LogP contribution in [0.4, 0.5) is 0 Å². The van der Waals surface area contributed by atoms with Gasteiger partial charge in [0.05, 0.1) is 32.0 Å². The van der Waals surface area contributed by atoms with Gasteiger partial charge in [-0.3, -0.25) is 9.59 Å². The summed E-state index contributed by atoms with van der Waals surface area (Å²) in [6.07, 6.45) is 48.3. The summed E-state index contributed by atoms with van der Waals surface area (Å²) < 4.78 is 16.7. The molecule has 0 radical (unpaired) electrons. The van der Waals surface area contributed by atoms with Crippen LogP contribution < -0.4 is 5.32 Å². The summed E-state index contributed by atoms with van der Waals surface area (Å²) >= 11 is 0. The third-order valence-electron chi connectivity index (χ3n) is 14.1. The van der Waals surface area contributed by atoms with Gasteiger partial charge in [0.25, 0.3) is 0 Å². The molecule has 6 N–H and O–H groups in total. The van der Waals surface area contributed by atoms with E-state index in [1.54, 1.807) is 6.08 Å². The van der Waals surface area contributed by atoms with E-state index in [0.717, 1.165) is 64.2 Å². The molecular formula is C59H111NO10. The molecule has 1 amide bonds. The van der Waals surface area contributed by atoms with Crippen molar-refractivity contribution in [1.82, 2.24) is 5.32 Å². The van der Waals surface area contributed by atoms with Gasteiger partial charge in [0.15, 0.2) is 6.29 Å². The summed E-state index contributed by atoms with van der Waals surface area (Å²) in [5, 5.41) is 54.3. The molecule has 11 nitrogen and oxygen atoms in total. The van der Waals surface area contributed by atoms with E-state index in [1.165, 1.54) is 186 Å². The van der Waals surface area contributed by atoms with Crippen LogP contribution in [0.2, 0.25) is 0 Å². The average molecular weight is 995 g/mol. The number of rotatable bonds is 51. The number of nitrogens with one attached hydrogen (secondary N) is 1. The summed E-state index contributed by atoms with van der Waals surface area (Å²) in [5.41, 5.74) is 0. The normalized spacial score (nSPS) is 19.3. The van der Waals surface area contributed by atoms with Gasteiger partial charge in [0.1, 0.15) is 24.4 Å². The molecule has 1 heterocycles. The van der Waals surface area contributed by atoms with Crippen molar-refractivity contribution >= 4 is 11.9 Å². The number of allylic oxidation sites excluding steroid dienone is 3. The number of aliphatic hydroxyl groups is 5. The van der Waals surface area contributed by atoms with Crippen LogP contribution in [0.5, 0.6) is 0 Å². The van der Waals surface area contributed by atoms with Crippen LogP contribution in [0.3, 0.4) is 0 Å². The zero-order chi connectivity index (χ0) is 51.0. The van der Waals surface area contributed by atoms with Crippen molar-refractivity contribution in [3.63, 3.8) is 0 Å². The molecule has 1 aliphatic rings. The second-order valence-electron chi connectivity index (χ2n) is 20.7. The van der Waals surface area contributed by atoms with Crippen molar-refractivity contribution in [2.75, 3.05) is 19.8 Å². The lowest BCUT2D eigenvalue weighted by molar-refractivity contribution is -0.302. The molecule has 412 valence electrons. The van der Waals surface area contributed by atoms with Crippen molar-refractivity contribution in [2.45, 2.75) is 320 Å². The minimum atomic E-state index is -1.58. The lowest BCUT2D eigenvalue weighted by Crippen LogP contribution is -2.60. The Morgan fingerprint density at radius 2 is 0.929 bits per heavy atom. The van der Waals surface area contributed by atoms with Crippen molar-refractivity contribution in [1.29, 1.82) is 0 Å². The Hall–Kier alpha value is -1.86. The van der Waals surface area contributed by atoms with Crippen LogP contribution >= 0.6 is 0 Å². The molecule has 0 aromatic carbocycles. The van der Waals surface area contributed by atoms with E-state index < -0.39 is 49.5 Å². The maximum Gasteiger partial charge on any atom is 0.305 e. The second-order valence-corrected chi connectivity index (χ2v) is 20.7. The minimum absolute atomic E-state index is 0.00927. The molecule has 0 saturated carbocycles. The Morgan fingerprint density at radius 1 is 0.514 bits per heavy atom. The molecule has 0 aromatic heterocycles. The highest BCUT2D eigenvalue weighted by Gasteiger charge is 2.44. The SMILES string of the molecule is CCCCCCCCC/C=C/CC/C=C/C(O)C(COC1OC(CO)C(O)C(O)C1O)NC(=O)CCCCCCCCCCCCCCCCCCCCOC(=O)CCCCCCCCCCCCC. The topological polar surface area (TPSA) is 175 Å². The molecule has 1 rings (SSSR count). The van der Waals surface area contributed by atoms with E-state index in [0.29, 0.717) is 19.4 Å². The number of ether oxygens (including phenoxy) is 3. The number of amides is 1. The molecule has 1 fully saturated rings. The molecule has 0 spiro atoms. The molecule has 7 atom stereocenters. The van der Waals surface area contributed by atoms with Crippen LogP contribution in [-0.2, 0) is 23.8 Å². The largest absolute Gasteiger partial charge is 0.466 e. The fourth-order valence-electron chi connectivity index (χ4n) is 9.33. The fourth-order valence-corrected chi connectivity index (χ4v) is 9.33. The maximum absolute atomic E-state index is 13.0. The van der Waals surface area contributed by atoms with Gasteiger partial charge in [-0.25, -0.2) is 0 Å². The van der Waals surface area contributed by atoms with Crippen LogP contribution in [0.1, 0.15) is 277 Å². The minimum Gasteiger partial charge on any atom is -0.466 e. The lowest BCUT2D eigenvalue weighted by atomic mass is 9.99. The Bertz CT molecular complexity index is 1220. The third-order valence-corrected chi connectivity index (χ3v) is 14.1. The average Bonchev–Trinajstić information content (AvgIpc) is 3.36. The van der Waals surface area contributed by atoms with Crippen LogP contribution in [0.25, 0.3) is 0 Å². The van der Waals surface area contributed by atoms with Crippen molar-refractivity contribution in [3.8, 4) is 0 Å². The van der Waals surface area contributed by atoms with E-state index in [1.807, 2.05) is 6.08 Å². The predicted octanol–water partition coefficient (Wildman–Crippen LogP) is 13.3. The molecule has 11 heteroatoms. The zero-order valence-electron chi connectivity index (χ0n) is 45.2. The quantitative estimate of drug-likeness (QED) is 0.0195. The first-order chi connectivity index (χ1) is 34.2. The summed E-state index contributed by atoms with van der Waals surface area (Å²) in [6, 6.07) is -0.830. The number of esters is 1. The molecular weight excluding hydrogens is 883 g/mol. The number of carbonyl (C=O) groups excluding carboxylic acids is 2. The number of hydrogen-bond acceptors (Lipinski definition) is 10. The molecule has 70 heavy (non-hydrogen) atoms. The highest BCUT2D eigenvalue weighted by Crippen LogP contribution is 2.23. The fraction of sp³-hybridized carbons (Fsp3) is 0.898. The third kappa shape index (κ3) is 38.7. The van der Waals surface area contributed by atoms with E-state index in [4.69, 9.17) is 14.2 Å². The summed E-state index contributed by atoms with van der Waals surface area (Å²) in [7, 11) is 0. The van der Waals surface area contributed by atoms with Gasteiger partial charge in [0.2, 0.25) is 5.91 Å². The predicted molar refractivity (Wildman–Crippen MR) is 288 cm³/mol. The first kappa shape index (κ1) is 66.2. The van der Waals surface area contributed by atoms with E-state index in [2.05, 4.69) is 31.3 Å². The Labute approximate surface area is 429 Å². The Kier molecular flexibility index (Phi) is 46.6. The summed E-state index contributed by atoms with van der Waals surface area (Å²) in [6.45, 7) is 4.31. The molecule has 1 saturated heterocycles. The number of unbranched alkanes of at least 4 members (excludes halogenated alkanes) is 35. The first-order valence-electron chi connectivity index (χ1n) is 29.6. The molecule has 0 bridgehead atoms. The second kappa shape index (κ2) is 49.4. The Morgan fingerprint density at radius 3 is 1.41 bits per heavy atom. The first-order valence-corrected chi connectivity index (χ1v) is 29.6. The van der Waals surface area contributed by atoms with Crippen LogP contribution in [0, 0.1) is 0 Å². The van der Waals surface area contributed by atoms with Crippen molar-refractivity contribution in [2.24, 2.45) is 0 Å². The maximum atomic E-state index is 13.0. The van der Waals surface area contributed by atoms with E-state index in [-0.39, 0.29) is 18.5 Å². The van der Waals surface area contributed by atoms with Crippen LogP contribution in [-0.4, -0.2) is 100 Å². The molecule has 7 unspecified atom stereocenters. The molecule has 0 aliphatic carbocycles. The standard InChI is InChI=1S/C59H111NO10/c1-3-5-7-9-11-13-15-22-26-29-33-37-41-45-52(62)51(50-69-59-58(67)57(66)56(65)53(49-61)70-59)60-54(63)46-42-38-34-30-27-23-20-18-16-17-19-21-24-28-32-36-40-44-48-68-55(64)47-43-39-35-31-25-14-12-10-8-6-4-2/h26,29,41,45,51-53,56-59,61-62,65-67H,3-25,27-28,30-40,42-44,46-50H2,1-2H3,(H,60,63)/b29-26+,45-41+. The highest BCUT2D eigenvalue weighted by molar-refractivity contribution is 5.76. The van der Waals surface area contributed by atoms with Crippen molar-refractivity contribution in [3.05, 3.63) is 24.3 Å². The van der Waals surface area contributed by atoms with Gasteiger partial charge in [-0.1, -0.05) is 244 Å². The zero-order valence-corrected chi connectivity index (χ0v) is 45.2. The summed E-state index contributed by atoms with van der Waals surface area (Å²) in [5.74, 6) is -0.205. The van der Waals surface area contributed by atoms with Gasteiger partial charge in [0, 0.05) is 12.8 Å². The number of hydrogen-bond donors (Lipinski definition) is 6. The molecule has 1 aliphatic heterocycles.